The summed E-state index contributed by atoms with van der Waals surface area (Å²) in [7, 11) is 0. The smallest absolute Gasteiger partial charge is 0.0714 e. The van der Waals surface area contributed by atoms with Crippen LogP contribution < -0.4 is 9.80 Å². The molecule has 0 unspecified atom stereocenters. The maximum Gasteiger partial charge on any atom is 0.0714 e. The van der Waals surface area contributed by atoms with Gasteiger partial charge in [0.15, 0.2) is 0 Å². The third-order valence-electron chi connectivity index (χ3n) is 29.5. The summed E-state index contributed by atoms with van der Waals surface area (Å²) in [5.74, 6) is 0. The largest absolute Gasteiger partial charge is 0.309 e. The minimum atomic E-state index is -0.748. The van der Waals surface area contributed by atoms with Crippen molar-refractivity contribution in [3.63, 3.8) is 0 Å². The van der Waals surface area contributed by atoms with Crippen LogP contribution in [-0.4, -0.2) is 0 Å². The van der Waals surface area contributed by atoms with Gasteiger partial charge in [-0.25, -0.2) is 0 Å². The first-order valence-corrected chi connectivity index (χ1v) is 48.6. The summed E-state index contributed by atoms with van der Waals surface area (Å²) in [4.78, 5) is 5.23. The molecule has 0 bridgehead atoms. The van der Waals surface area contributed by atoms with Crippen LogP contribution in [0, 0.1) is 0 Å². The molecular weight excluding hydrogens is 1690 g/mol. The van der Waals surface area contributed by atoms with Crippen LogP contribution in [0.3, 0.4) is 0 Å². The Hall–Kier alpha value is -18.1. The molecule has 0 aliphatic heterocycles. The maximum absolute atomic E-state index is 2.62. The van der Waals surface area contributed by atoms with Crippen LogP contribution in [0.25, 0.3) is 165 Å². The first-order chi connectivity index (χ1) is 69.5. The number of fused-ring (bicyclic) bond motifs is 12. The Morgan fingerprint density at radius 3 is 0.764 bits per heavy atom. The van der Waals surface area contributed by atoms with Gasteiger partial charge in [-0.2, -0.15) is 0 Å². The highest BCUT2D eigenvalue weighted by Crippen LogP contribution is 2.63. The van der Waals surface area contributed by atoms with Gasteiger partial charge in [-0.15, -0.1) is 0 Å². The zero-order valence-electron chi connectivity index (χ0n) is 77.0. The standard InChI is InChI=1S/C138H92N2/c1-11-40-93(41-12-1)102-74-79-120-122-82-77-112(91-131(122)137(129(120)88-102,107-54-23-7-24-55-107)108-56-25-8-26-57-108)139(135-126-68-37-33-64-118(126)116-62-31-35-66-124(116)133(135)100-50-21-6-22-51-100)111-76-81-115(128(90-111)98-48-19-5-20-49-98)99-72-70-97(71-73-99)101-52-39-53-104(84-101)134-125-67-36-32-63-117(125)119-65-34-38-69-127(119)136(134)140(114-86-105(95-44-15-3-16-45-95)85-106(87-114)96-46-17-4-18-47-96)113-78-83-123-121-80-75-103(94-42-13-2-14-43-94)89-130(121)138(132(123)92-113,109-58-27-9-28-59-109)110-60-29-10-30-61-110/h1-92H. The number of benzene rings is 24. The second-order valence-corrected chi connectivity index (χ2v) is 37.1. The van der Waals surface area contributed by atoms with Gasteiger partial charge in [-0.05, 0) is 261 Å². The van der Waals surface area contributed by atoms with Crippen LogP contribution in [-0.2, 0) is 10.8 Å². The third-order valence-corrected chi connectivity index (χ3v) is 29.5. The van der Waals surface area contributed by atoms with Crippen molar-refractivity contribution in [2.24, 2.45) is 0 Å². The normalized spacial score (nSPS) is 12.5. The average Bonchev–Trinajstić information content (AvgIpc) is 1.55. The first kappa shape index (κ1) is 82.6. The molecule has 0 amide bonds. The summed E-state index contributed by atoms with van der Waals surface area (Å²) in [6.07, 6.45) is 0. The average molecular weight is 1780 g/mol. The zero-order valence-corrected chi connectivity index (χ0v) is 77.0. The zero-order chi connectivity index (χ0) is 92.6. The Morgan fingerprint density at radius 2 is 0.364 bits per heavy atom. The van der Waals surface area contributed by atoms with E-state index in [0.717, 1.165) is 128 Å². The van der Waals surface area contributed by atoms with E-state index in [4.69, 9.17) is 0 Å². The lowest BCUT2D eigenvalue weighted by Crippen LogP contribution is -2.29. The Labute approximate surface area is 816 Å². The van der Waals surface area contributed by atoms with Crippen LogP contribution in [0.15, 0.2) is 558 Å². The Bertz CT molecular complexity index is 8720. The third kappa shape index (κ3) is 13.8. The van der Waals surface area contributed by atoms with Crippen molar-refractivity contribution in [1.29, 1.82) is 0 Å². The predicted octanol–water partition coefficient (Wildman–Crippen LogP) is 37.0. The van der Waals surface area contributed by atoms with Crippen LogP contribution in [0.2, 0.25) is 0 Å². The van der Waals surface area contributed by atoms with E-state index < -0.39 is 10.8 Å². The van der Waals surface area contributed by atoms with Crippen molar-refractivity contribution >= 4 is 77.2 Å². The van der Waals surface area contributed by atoms with E-state index in [-0.39, 0.29) is 0 Å². The van der Waals surface area contributed by atoms with Gasteiger partial charge in [0.05, 0.1) is 22.2 Å². The van der Waals surface area contributed by atoms with E-state index in [9.17, 15) is 0 Å². The van der Waals surface area contributed by atoms with E-state index in [0.29, 0.717) is 0 Å². The van der Waals surface area contributed by atoms with Gasteiger partial charge in [0, 0.05) is 44.6 Å². The van der Waals surface area contributed by atoms with Gasteiger partial charge in [0.1, 0.15) is 0 Å². The van der Waals surface area contributed by atoms with E-state index in [1.165, 1.54) is 116 Å². The fourth-order valence-corrected chi connectivity index (χ4v) is 23.4. The number of nitrogens with zero attached hydrogens (tertiary/aromatic N) is 2. The van der Waals surface area contributed by atoms with Gasteiger partial charge >= 0.3 is 0 Å². The summed E-state index contributed by atoms with van der Waals surface area (Å²) in [5, 5.41) is 9.35. The Kier molecular flexibility index (Phi) is 20.5. The van der Waals surface area contributed by atoms with Crippen molar-refractivity contribution in [2.45, 2.75) is 10.8 Å². The molecule has 0 radical (unpaired) electrons. The highest BCUT2D eigenvalue weighted by Gasteiger charge is 2.49. The van der Waals surface area contributed by atoms with E-state index in [1.54, 1.807) is 0 Å². The van der Waals surface area contributed by atoms with E-state index in [2.05, 4.69) is 568 Å². The van der Waals surface area contributed by atoms with Crippen LogP contribution >= 0.6 is 0 Å². The molecule has 24 aromatic rings. The minimum absolute atomic E-state index is 0.729. The quantitative estimate of drug-likeness (QED) is 0.0745. The molecule has 2 aliphatic rings. The van der Waals surface area contributed by atoms with Crippen molar-refractivity contribution < 1.29 is 0 Å². The molecule has 2 nitrogen and oxygen atoms in total. The maximum atomic E-state index is 2.62. The van der Waals surface area contributed by atoms with Crippen LogP contribution in [0.1, 0.15) is 44.5 Å². The summed E-state index contributed by atoms with van der Waals surface area (Å²) in [6, 6.07) is 209. The molecule has 0 saturated carbocycles. The molecule has 0 N–H and O–H groups in total. The highest BCUT2D eigenvalue weighted by atomic mass is 15.2. The first-order valence-electron chi connectivity index (χ1n) is 48.6. The summed E-state index contributed by atoms with van der Waals surface area (Å²) >= 11 is 0. The highest BCUT2D eigenvalue weighted by molar-refractivity contribution is 6.25. The minimum Gasteiger partial charge on any atom is -0.309 e. The van der Waals surface area contributed by atoms with Crippen molar-refractivity contribution in [3.8, 4) is 122 Å². The lowest BCUT2D eigenvalue weighted by atomic mass is 9.67. The lowest BCUT2D eigenvalue weighted by Gasteiger charge is -2.36. The van der Waals surface area contributed by atoms with Gasteiger partial charge in [0.25, 0.3) is 0 Å². The molecule has 140 heavy (non-hydrogen) atoms. The molecular formula is C138H92N2. The molecule has 0 aromatic heterocycles. The number of rotatable bonds is 19. The molecule has 2 heteroatoms. The van der Waals surface area contributed by atoms with Crippen molar-refractivity contribution in [3.05, 3.63) is 603 Å². The monoisotopic (exact) mass is 1780 g/mol. The summed E-state index contributed by atoms with van der Waals surface area (Å²) < 4.78 is 0. The topological polar surface area (TPSA) is 6.48 Å². The fraction of sp³-hybridized carbons (Fsp3) is 0.0145. The molecule has 0 spiro atoms. The van der Waals surface area contributed by atoms with Crippen LogP contribution in [0.5, 0.6) is 0 Å². The number of anilines is 6. The lowest BCUT2D eigenvalue weighted by molar-refractivity contribution is 0.768. The SMILES string of the molecule is c1ccc(-c2cc(-c3ccccc3)cc(N(c3ccc4c(c3)C(c3ccccc3)(c3ccccc3)c3cc(-c5ccccc5)ccc3-4)c3c(-c4cccc(-c5ccc(-c6ccc(N(c7ccc8c(c7)C(c7ccccc7)(c7ccccc7)c7cc(-c9ccccc9)ccc7-8)c7c(-c8ccccc8)c8ccccc8c8ccccc78)cc6-c6ccccc6)cc5)c4)c4ccccc4c4ccccc34)c2)cc1. The predicted molar refractivity (Wildman–Crippen MR) is 589 cm³/mol. The number of hydrogen-bond acceptors (Lipinski definition) is 2. The Morgan fingerprint density at radius 1 is 0.121 bits per heavy atom. The fourth-order valence-electron chi connectivity index (χ4n) is 23.4. The van der Waals surface area contributed by atoms with Crippen molar-refractivity contribution in [1.82, 2.24) is 0 Å². The van der Waals surface area contributed by atoms with Gasteiger partial charge in [-0.3, -0.25) is 0 Å². The van der Waals surface area contributed by atoms with E-state index >= 15 is 0 Å². The summed E-state index contributed by atoms with van der Waals surface area (Å²) in [6.45, 7) is 0. The van der Waals surface area contributed by atoms with Gasteiger partial charge in [-0.1, -0.05) is 485 Å². The van der Waals surface area contributed by atoms with Gasteiger partial charge < -0.3 is 9.80 Å². The molecule has 654 valence electrons. The molecule has 0 fully saturated rings. The molecule has 26 rings (SSSR count). The summed E-state index contributed by atoms with van der Waals surface area (Å²) in [5.41, 5.74) is 39.8. The molecule has 0 saturated heterocycles. The molecule has 0 atom stereocenters. The molecule has 0 heterocycles. The molecule has 2 aliphatic carbocycles. The molecule has 24 aromatic carbocycles. The second-order valence-electron chi connectivity index (χ2n) is 37.1. The second kappa shape index (κ2) is 34.7. The van der Waals surface area contributed by atoms with Crippen LogP contribution in [0.4, 0.5) is 34.1 Å². The van der Waals surface area contributed by atoms with E-state index in [1.807, 2.05) is 0 Å². The number of hydrogen-bond donors (Lipinski definition) is 0. The Balaban J connectivity index is 0.666. The van der Waals surface area contributed by atoms with Gasteiger partial charge in [0.2, 0.25) is 0 Å². The van der Waals surface area contributed by atoms with Crippen molar-refractivity contribution in [2.75, 3.05) is 9.80 Å².